The molecule has 1 aliphatic heterocycles. The van der Waals surface area contributed by atoms with E-state index in [1.165, 1.54) is 0 Å². The Labute approximate surface area is 157 Å². The third-order valence-electron chi connectivity index (χ3n) is 4.27. The molecule has 8 heteroatoms. The third-order valence-corrected chi connectivity index (χ3v) is 4.87. The van der Waals surface area contributed by atoms with Crippen molar-refractivity contribution >= 4 is 27.7 Å². The van der Waals surface area contributed by atoms with Gasteiger partial charge < -0.3 is 20.1 Å². The Morgan fingerprint density at radius 3 is 2.60 bits per heavy atom. The van der Waals surface area contributed by atoms with Gasteiger partial charge in [0.15, 0.2) is 10.4 Å². The van der Waals surface area contributed by atoms with Gasteiger partial charge in [-0.3, -0.25) is 9.59 Å². The van der Waals surface area contributed by atoms with Gasteiger partial charge in [0.25, 0.3) is 5.91 Å². The van der Waals surface area contributed by atoms with E-state index in [-0.39, 0.29) is 17.2 Å². The Balaban J connectivity index is 2.26. The van der Waals surface area contributed by atoms with Gasteiger partial charge >= 0.3 is 0 Å². The lowest BCUT2D eigenvalue weighted by molar-refractivity contribution is -0.123. The highest BCUT2D eigenvalue weighted by molar-refractivity contribution is 9.10. The summed E-state index contributed by atoms with van der Waals surface area (Å²) < 4.78 is 2.70. The zero-order valence-corrected chi connectivity index (χ0v) is 17.2. The van der Waals surface area contributed by atoms with E-state index in [2.05, 4.69) is 36.4 Å². The first-order chi connectivity index (χ1) is 11.6. The second-order valence-corrected chi connectivity index (χ2v) is 8.53. The van der Waals surface area contributed by atoms with Gasteiger partial charge in [-0.25, -0.2) is 4.98 Å². The summed E-state index contributed by atoms with van der Waals surface area (Å²) in [6, 6.07) is -0.586. The van der Waals surface area contributed by atoms with Crippen molar-refractivity contribution in [1.29, 1.82) is 0 Å². The van der Waals surface area contributed by atoms with Crippen LogP contribution in [0.5, 0.6) is 0 Å². The lowest BCUT2D eigenvalue weighted by atomic mass is 9.87. The summed E-state index contributed by atoms with van der Waals surface area (Å²) in [5.74, 6) is -0.493. The SMILES string of the molecule is CNC(=O)[C@H](CC(C)(C)C)NC(=O)c1nc(Br)n2c1CN(C)CCC2. The van der Waals surface area contributed by atoms with Crippen LogP contribution < -0.4 is 10.6 Å². The van der Waals surface area contributed by atoms with Crippen LogP contribution in [0.3, 0.4) is 0 Å². The molecule has 0 fully saturated rings. The summed E-state index contributed by atoms with van der Waals surface area (Å²) in [7, 11) is 3.61. The summed E-state index contributed by atoms with van der Waals surface area (Å²) in [5.41, 5.74) is 1.19. The van der Waals surface area contributed by atoms with E-state index in [1.807, 2.05) is 32.4 Å². The van der Waals surface area contributed by atoms with Crippen LogP contribution in [-0.4, -0.2) is 52.9 Å². The van der Waals surface area contributed by atoms with Crippen LogP contribution in [0.15, 0.2) is 4.73 Å². The number of likely N-dealkylation sites (N-methyl/N-ethyl adjacent to an activating group) is 1. The molecule has 2 amide bonds. The lowest BCUT2D eigenvalue weighted by Gasteiger charge is -2.25. The first kappa shape index (κ1) is 19.9. The number of imidazole rings is 1. The minimum Gasteiger partial charge on any atom is -0.357 e. The molecule has 2 rings (SSSR count). The molecule has 0 aromatic carbocycles. The Hall–Kier alpha value is -1.41. The van der Waals surface area contributed by atoms with Crippen molar-refractivity contribution in [2.75, 3.05) is 20.6 Å². The van der Waals surface area contributed by atoms with Crippen LogP contribution >= 0.6 is 15.9 Å². The number of nitrogens with zero attached hydrogens (tertiary/aromatic N) is 3. The molecule has 2 N–H and O–H groups in total. The third kappa shape index (κ3) is 5.04. The van der Waals surface area contributed by atoms with Crippen LogP contribution in [0.25, 0.3) is 0 Å². The van der Waals surface area contributed by atoms with Crippen LogP contribution in [0.2, 0.25) is 0 Å². The van der Waals surface area contributed by atoms with Crippen molar-refractivity contribution in [3.63, 3.8) is 0 Å². The topological polar surface area (TPSA) is 79.3 Å². The van der Waals surface area contributed by atoms with Gasteiger partial charge in [-0.05, 0) is 47.8 Å². The molecular weight excluding hydrogens is 386 g/mol. The van der Waals surface area contributed by atoms with Crippen LogP contribution in [0, 0.1) is 5.41 Å². The summed E-state index contributed by atoms with van der Waals surface area (Å²) in [4.78, 5) is 31.6. The molecule has 7 nitrogen and oxygen atoms in total. The Morgan fingerprint density at radius 2 is 2.00 bits per heavy atom. The van der Waals surface area contributed by atoms with Gasteiger partial charge in [0, 0.05) is 20.1 Å². The number of hydrogen-bond donors (Lipinski definition) is 2. The summed E-state index contributed by atoms with van der Waals surface area (Å²) in [6.07, 6.45) is 1.56. The van der Waals surface area contributed by atoms with Crippen LogP contribution in [0.1, 0.15) is 49.8 Å². The molecule has 1 aliphatic rings. The van der Waals surface area contributed by atoms with E-state index in [0.29, 0.717) is 23.4 Å². The maximum Gasteiger partial charge on any atom is 0.272 e. The fraction of sp³-hybridized carbons (Fsp3) is 0.706. The molecule has 1 atom stereocenters. The van der Waals surface area contributed by atoms with Crippen molar-refractivity contribution < 1.29 is 9.59 Å². The van der Waals surface area contributed by atoms with E-state index in [0.717, 1.165) is 25.2 Å². The van der Waals surface area contributed by atoms with E-state index >= 15 is 0 Å². The van der Waals surface area contributed by atoms with Crippen LogP contribution in [-0.2, 0) is 17.9 Å². The number of aromatic nitrogens is 2. The predicted octanol–water partition coefficient (Wildman–Crippen LogP) is 1.76. The number of amides is 2. The molecule has 0 saturated carbocycles. The van der Waals surface area contributed by atoms with Gasteiger partial charge in [-0.2, -0.15) is 0 Å². The zero-order valence-electron chi connectivity index (χ0n) is 15.6. The fourth-order valence-corrected chi connectivity index (χ4v) is 3.65. The van der Waals surface area contributed by atoms with Crippen molar-refractivity contribution in [2.24, 2.45) is 5.41 Å². The lowest BCUT2D eigenvalue weighted by Crippen LogP contribution is -2.47. The van der Waals surface area contributed by atoms with E-state index < -0.39 is 6.04 Å². The molecule has 1 aromatic heterocycles. The number of rotatable bonds is 4. The number of nitrogens with one attached hydrogen (secondary N) is 2. The summed E-state index contributed by atoms with van der Waals surface area (Å²) in [5, 5.41) is 5.51. The number of halogens is 1. The minimum absolute atomic E-state index is 0.0869. The molecule has 140 valence electrons. The number of carbonyl (C=O) groups is 2. The molecule has 0 radical (unpaired) electrons. The van der Waals surface area contributed by atoms with Crippen molar-refractivity contribution in [1.82, 2.24) is 25.1 Å². The van der Waals surface area contributed by atoms with Crippen molar-refractivity contribution in [3.05, 3.63) is 16.1 Å². The first-order valence-electron chi connectivity index (χ1n) is 8.58. The summed E-state index contributed by atoms with van der Waals surface area (Å²) >= 11 is 3.46. The maximum atomic E-state index is 12.9. The molecule has 25 heavy (non-hydrogen) atoms. The van der Waals surface area contributed by atoms with Gasteiger partial charge in [0.2, 0.25) is 5.91 Å². The first-order valence-corrected chi connectivity index (χ1v) is 9.37. The molecule has 0 aliphatic carbocycles. The van der Waals surface area contributed by atoms with Crippen molar-refractivity contribution in [3.8, 4) is 0 Å². The van der Waals surface area contributed by atoms with Crippen LogP contribution in [0.4, 0.5) is 0 Å². The van der Waals surface area contributed by atoms with Gasteiger partial charge in [0.05, 0.1) is 5.69 Å². The van der Waals surface area contributed by atoms with E-state index in [1.54, 1.807) is 7.05 Å². The zero-order chi connectivity index (χ0) is 18.8. The van der Waals surface area contributed by atoms with Crippen molar-refractivity contribution in [2.45, 2.75) is 52.7 Å². The summed E-state index contributed by atoms with van der Waals surface area (Å²) in [6.45, 7) is 8.59. The molecular formula is C17H28BrN5O2. The minimum atomic E-state index is -0.586. The smallest absolute Gasteiger partial charge is 0.272 e. The monoisotopic (exact) mass is 413 g/mol. The Morgan fingerprint density at radius 1 is 1.32 bits per heavy atom. The number of carbonyl (C=O) groups excluding carboxylic acids is 2. The fourth-order valence-electron chi connectivity index (χ4n) is 3.08. The number of fused-ring (bicyclic) bond motifs is 1. The van der Waals surface area contributed by atoms with E-state index in [4.69, 9.17) is 0 Å². The highest BCUT2D eigenvalue weighted by atomic mass is 79.9. The molecule has 1 aromatic rings. The molecule has 0 bridgehead atoms. The van der Waals surface area contributed by atoms with Gasteiger partial charge in [-0.15, -0.1) is 0 Å². The quantitative estimate of drug-likeness (QED) is 0.787. The Kier molecular flexibility index (Phi) is 6.26. The number of hydrogen-bond acceptors (Lipinski definition) is 4. The molecule has 0 unspecified atom stereocenters. The maximum absolute atomic E-state index is 12.9. The average molecular weight is 414 g/mol. The van der Waals surface area contributed by atoms with Gasteiger partial charge in [-0.1, -0.05) is 20.8 Å². The highest BCUT2D eigenvalue weighted by Crippen LogP contribution is 2.24. The van der Waals surface area contributed by atoms with E-state index in [9.17, 15) is 9.59 Å². The second-order valence-electron chi connectivity index (χ2n) is 7.82. The molecule has 2 heterocycles. The second kappa shape index (κ2) is 7.86. The van der Waals surface area contributed by atoms with Gasteiger partial charge in [0.1, 0.15) is 6.04 Å². The largest absolute Gasteiger partial charge is 0.357 e. The normalized spacial score (nSPS) is 16.7. The predicted molar refractivity (Wildman–Crippen MR) is 100 cm³/mol. The standard InChI is InChI=1S/C17H28BrN5O2/c1-17(2,3)9-11(14(24)19-4)20-15(25)13-12-10-22(5)7-6-8-23(12)16(18)21-13/h11H,6-10H2,1-5H3,(H,19,24)(H,20,25)/t11-/m0/s1. The molecule has 0 saturated heterocycles. The average Bonchev–Trinajstić information content (AvgIpc) is 2.68. The Bertz CT molecular complexity index is 650. The highest BCUT2D eigenvalue weighted by Gasteiger charge is 2.29. The molecule has 0 spiro atoms.